The van der Waals surface area contributed by atoms with Crippen molar-refractivity contribution in [1.82, 2.24) is 0 Å². The minimum absolute atomic E-state index is 0.128. The van der Waals surface area contributed by atoms with Gasteiger partial charge in [-0.1, -0.05) is 49.2 Å². The van der Waals surface area contributed by atoms with Gasteiger partial charge in [0.25, 0.3) is 0 Å². The third kappa shape index (κ3) is 4.75. The van der Waals surface area contributed by atoms with Crippen LogP contribution in [0, 0.1) is 40.4 Å². The Morgan fingerprint density at radius 2 is 1.81 bits per heavy atom. The zero-order valence-corrected chi connectivity index (χ0v) is 24.1. The summed E-state index contributed by atoms with van der Waals surface area (Å²) in [6.07, 6.45) is 6.84. The number of hydrogen-bond acceptors (Lipinski definition) is 7. The zero-order valence-electron chi connectivity index (χ0n) is 22.5. The summed E-state index contributed by atoms with van der Waals surface area (Å²) in [4.78, 5) is 49.9. The second-order valence-electron chi connectivity index (χ2n) is 12.2. The van der Waals surface area contributed by atoms with Gasteiger partial charge in [-0.15, -0.1) is 0 Å². The number of fused-ring (bicyclic) bond motifs is 5. The fourth-order valence-electron chi connectivity index (χ4n) is 8.52. The van der Waals surface area contributed by atoms with Crippen LogP contribution in [0.15, 0.2) is 11.6 Å². The number of aliphatic hydroxyl groups is 1. The molecule has 0 bridgehead atoms. The monoisotopic (exact) mass is 580 g/mol. The van der Waals surface area contributed by atoms with E-state index < -0.39 is 5.97 Å². The number of allylic oxidation sites excluding steroid dienone is 1. The molecule has 4 aliphatic rings. The molecule has 7 nitrogen and oxygen atoms in total. The predicted octanol–water partition coefficient (Wildman–Crippen LogP) is 4.57. The molecule has 0 aliphatic heterocycles. The summed E-state index contributed by atoms with van der Waals surface area (Å²) in [7, 11) is 0. The maximum Gasteiger partial charge on any atom is 0.308 e. The minimum atomic E-state index is -0.590. The first-order valence-corrected chi connectivity index (χ1v) is 14.6. The Labute approximate surface area is 228 Å². The number of esters is 2. The van der Waals surface area contributed by atoms with Crippen molar-refractivity contribution in [2.24, 2.45) is 40.4 Å². The number of alkyl halides is 1. The fraction of sp³-hybridized carbons (Fsp3) is 0.793. The molecule has 0 radical (unpaired) electrons. The topological polar surface area (TPSA) is 107 Å². The standard InChI is InChI=1S/C29H41BrO7/c1-5-24(34)36-15-18-13-21-22-12-17(2)20-14-19(32)6-8-28(20,4)29(22,30)10-9-27(21,3)26(18)23(33)16-37-25(35)7-11-31/h14,17-18,21-22,26,31H,5-13,15-16H2,1-4H3/t17-,18+,21-,22-,26+,27-,28-,29+/m0/s1. The lowest BCUT2D eigenvalue weighted by Crippen LogP contribution is -2.61. The Balaban J connectivity index is 1.66. The Bertz CT molecular complexity index is 991. The minimum Gasteiger partial charge on any atom is -0.465 e. The van der Waals surface area contributed by atoms with Gasteiger partial charge in [0.1, 0.15) is 6.61 Å². The molecular formula is C29H41BrO7. The van der Waals surface area contributed by atoms with Gasteiger partial charge in [0.05, 0.1) is 19.6 Å². The molecule has 8 atom stereocenters. The van der Waals surface area contributed by atoms with Crippen molar-refractivity contribution in [3.63, 3.8) is 0 Å². The van der Waals surface area contributed by atoms with Crippen LogP contribution in [0.4, 0.5) is 0 Å². The van der Waals surface area contributed by atoms with E-state index in [1.165, 1.54) is 5.57 Å². The second kappa shape index (κ2) is 10.6. The SMILES string of the molecule is CCC(=O)OC[C@H]1C[C@H]2[C@@H]3C[C@H](C)C4=CC(=O)CC[C@]4(C)[C@@]3(Br)CC[C@]2(C)[C@H]1C(=O)COC(=O)CCO. The lowest BCUT2D eigenvalue weighted by molar-refractivity contribution is -0.153. The summed E-state index contributed by atoms with van der Waals surface area (Å²) in [6, 6.07) is 0. The highest BCUT2D eigenvalue weighted by Crippen LogP contribution is 2.72. The van der Waals surface area contributed by atoms with Crippen LogP contribution in [0.5, 0.6) is 0 Å². The number of ketones is 2. The van der Waals surface area contributed by atoms with Gasteiger partial charge in [0.15, 0.2) is 11.6 Å². The highest BCUT2D eigenvalue weighted by molar-refractivity contribution is 9.10. The number of Topliss-reactive ketones (excluding diaryl/α,β-unsaturated/α-hetero) is 1. The van der Waals surface area contributed by atoms with Crippen LogP contribution < -0.4 is 0 Å². The van der Waals surface area contributed by atoms with E-state index in [1.54, 1.807) is 6.92 Å². The van der Waals surface area contributed by atoms with Crippen LogP contribution in [0.3, 0.4) is 0 Å². The van der Waals surface area contributed by atoms with Crippen molar-refractivity contribution in [2.75, 3.05) is 19.8 Å². The first-order valence-electron chi connectivity index (χ1n) is 13.8. The van der Waals surface area contributed by atoms with E-state index in [0.717, 1.165) is 32.1 Å². The van der Waals surface area contributed by atoms with Crippen LogP contribution in [-0.2, 0) is 28.7 Å². The molecule has 4 rings (SSSR count). The van der Waals surface area contributed by atoms with E-state index in [0.29, 0.717) is 12.3 Å². The van der Waals surface area contributed by atoms with Gasteiger partial charge in [-0.2, -0.15) is 0 Å². The van der Waals surface area contributed by atoms with Crippen molar-refractivity contribution in [2.45, 2.75) is 83.4 Å². The van der Waals surface area contributed by atoms with Crippen molar-refractivity contribution < 1.29 is 33.8 Å². The number of carbonyl (C=O) groups is 4. The van der Waals surface area contributed by atoms with Gasteiger partial charge in [-0.3, -0.25) is 19.2 Å². The van der Waals surface area contributed by atoms with Crippen molar-refractivity contribution >= 4 is 39.4 Å². The zero-order chi connectivity index (χ0) is 27.2. The lowest BCUT2D eigenvalue weighted by atomic mass is 9.45. The maximum atomic E-state index is 13.6. The first-order chi connectivity index (χ1) is 17.4. The number of halogens is 1. The van der Waals surface area contributed by atoms with Gasteiger partial charge < -0.3 is 14.6 Å². The third-order valence-corrected chi connectivity index (χ3v) is 12.2. The molecule has 37 heavy (non-hydrogen) atoms. The molecular weight excluding hydrogens is 540 g/mol. The molecule has 0 saturated heterocycles. The molecule has 0 aromatic carbocycles. The normalized spacial score (nSPS) is 40.6. The Kier molecular flexibility index (Phi) is 8.12. The molecule has 1 N–H and O–H groups in total. The van der Waals surface area contributed by atoms with E-state index in [1.807, 2.05) is 6.08 Å². The van der Waals surface area contributed by atoms with Crippen molar-refractivity contribution in [3.8, 4) is 0 Å². The molecule has 0 unspecified atom stereocenters. The lowest BCUT2D eigenvalue weighted by Gasteiger charge is -2.64. The Morgan fingerprint density at radius 3 is 2.49 bits per heavy atom. The van der Waals surface area contributed by atoms with E-state index in [2.05, 4.69) is 36.7 Å². The van der Waals surface area contributed by atoms with Gasteiger partial charge in [-0.05, 0) is 61.3 Å². The molecule has 0 heterocycles. The predicted molar refractivity (Wildman–Crippen MR) is 141 cm³/mol. The molecule has 8 heteroatoms. The van der Waals surface area contributed by atoms with Gasteiger partial charge in [-0.25, -0.2) is 0 Å². The summed E-state index contributed by atoms with van der Waals surface area (Å²) in [5.41, 5.74) is 0.819. The number of carbonyl (C=O) groups excluding carboxylic acids is 4. The number of ether oxygens (including phenoxy) is 2. The van der Waals surface area contributed by atoms with Crippen molar-refractivity contribution in [1.29, 1.82) is 0 Å². The Morgan fingerprint density at radius 1 is 1.08 bits per heavy atom. The van der Waals surface area contributed by atoms with Gasteiger partial charge in [0.2, 0.25) is 0 Å². The smallest absolute Gasteiger partial charge is 0.308 e. The average molecular weight is 582 g/mol. The molecule has 0 aromatic heterocycles. The summed E-state index contributed by atoms with van der Waals surface area (Å²) < 4.78 is 10.6. The van der Waals surface area contributed by atoms with Crippen molar-refractivity contribution in [3.05, 3.63) is 11.6 Å². The highest BCUT2D eigenvalue weighted by Gasteiger charge is 2.68. The average Bonchev–Trinajstić information content (AvgIpc) is 3.16. The molecule has 206 valence electrons. The molecule has 4 aliphatic carbocycles. The van der Waals surface area contributed by atoms with Crippen LogP contribution >= 0.6 is 15.9 Å². The highest BCUT2D eigenvalue weighted by atomic mass is 79.9. The van der Waals surface area contributed by atoms with Crippen LogP contribution in [-0.4, -0.2) is 52.8 Å². The van der Waals surface area contributed by atoms with Gasteiger partial charge in [0, 0.05) is 34.4 Å². The quantitative estimate of drug-likeness (QED) is 0.331. The number of hydrogen-bond donors (Lipinski definition) is 1. The largest absolute Gasteiger partial charge is 0.465 e. The molecule has 3 fully saturated rings. The van der Waals surface area contributed by atoms with Crippen LogP contribution in [0.1, 0.15) is 79.1 Å². The van der Waals surface area contributed by atoms with E-state index >= 15 is 0 Å². The first kappa shape index (κ1) is 28.5. The molecule has 3 saturated carbocycles. The summed E-state index contributed by atoms with van der Waals surface area (Å²) in [6.45, 7) is 8.03. The Hall–Kier alpha value is -1.54. The maximum absolute atomic E-state index is 13.6. The van der Waals surface area contributed by atoms with Crippen LogP contribution in [0.2, 0.25) is 0 Å². The summed E-state index contributed by atoms with van der Waals surface area (Å²) in [5, 5.41) is 9.01. The number of aliphatic hydroxyl groups excluding tert-OH is 1. The number of rotatable bonds is 8. The third-order valence-electron chi connectivity index (χ3n) is 10.4. The molecule has 0 aromatic rings. The van der Waals surface area contributed by atoms with E-state index in [4.69, 9.17) is 14.6 Å². The molecule has 0 amide bonds. The van der Waals surface area contributed by atoms with E-state index in [-0.39, 0.29) is 89.0 Å². The summed E-state index contributed by atoms with van der Waals surface area (Å²) >= 11 is 4.28. The summed E-state index contributed by atoms with van der Waals surface area (Å²) in [5.74, 6) is -0.500. The van der Waals surface area contributed by atoms with E-state index in [9.17, 15) is 19.2 Å². The molecule has 0 spiro atoms. The fourth-order valence-corrected chi connectivity index (χ4v) is 9.65. The second-order valence-corrected chi connectivity index (χ2v) is 13.6. The van der Waals surface area contributed by atoms with Crippen LogP contribution in [0.25, 0.3) is 0 Å². The van der Waals surface area contributed by atoms with Gasteiger partial charge >= 0.3 is 11.9 Å².